The minimum atomic E-state index is 0.876. The van der Waals surface area contributed by atoms with Crippen LogP contribution in [0.3, 0.4) is 0 Å². The topological polar surface area (TPSA) is 36.4 Å². The molecule has 2 rings (SSSR count). The molecule has 0 aliphatic heterocycles. The van der Waals surface area contributed by atoms with Crippen LogP contribution in [0, 0.1) is 0 Å². The van der Waals surface area contributed by atoms with E-state index in [1.807, 2.05) is 79.1 Å². The molecule has 2 N–H and O–H groups in total. The van der Waals surface area contributed by atoms with Gasteiger partial charge in [-0.05, 0) is 12.1 Å². The Bertz CT molecular complexity index is 676. The second-order valence-electron chi connectivity index (χ2n) is 4.29. The Kier molecular flexibility index (Phi) is 6.89. The average Bonchev–Trinajstić information content (AvgIpc) is 2.57. The van der Waals surface area contributed by atoms with Crippen molar-refractivity contribution in [3.8, 4) is 0 Å². The van der Waals surface area contributed by atoms with Crippen LogP contribution in [0.2, 0.25) is 0 Å². The van der Waals surface area contributed by atoms with Gasteiger partial charge in [0.05, 0.1) is 0 Å². The van der Waals surface area contributed by atoms with Crippen molar-refractivity contribution in [2.75, 3.05) is 10.6 Å². The number of aliphatic imine (C=N–C) groups is 1. The van der Waals surface area contributed by atoms with Gasteiger partial charge in [-0.15, -0.1) is 0 Å². The van der Waals surface area contributed by atoms with Gasteiger partial charge in [0, 0.05) is 0 Å². The Balaban J connectivity index is 1.95. The normalized spacial score (nSPS) is 11.3. The Morgan fingerprint density at radius 1 is 0.818 bits per heavy atom. The third-order valence-corrected chi connectivity index (χ3v) is 2.94. The van der Waals surface area contributed by atoms with E-state index in [0.29, 0.717) is 0 Å². The van der Waals surface area contributed by atoms with Crippen molar-refractivity contribution < 1.29 is 15.6 Å². The summed E-state index contributed by atoms with van der Waals surface area (Å²) in [6.07, 6.45) is 9.14. The maximum atomic E-state index is 4.44. The number of hydrogen-bond acceptors (Lipinski definition) is 3. The van der Waals surface area contributed by atoms with Crippen molar-refractivity contribution in [1.29, 1.82) is 0 Å². The number of nitrogens with zero attached hydrogens (tertiary/aromatic N) is 1. The van der Waals surface area contributed by atoms with E-state index in [1.165, 1.54) is 0 Å². The van der Waals surface area contributed by atoms with Gasteiger partial charge in [-0.25, -0.2) is 0 Å². The van der Waals surface area contributed by atoms with Gasteiger partial charge in [0.2, 0.25) is 0 Å². The van der Waals surface area contributed by atoms with E-state index in [1.54, 1.807) is 11.1 Å². The molecule has 0 atom stereocenters. The summed E-state index contributed by atoms with van der Waals surface area (Å²) in [5.41, 5.74) is 2.87. The summed E-state index contributed by atoms with van der Waals surface area (Å²) in [5.74, 6) is 0. The summed E-state index contributed by atoms with van der Waals surface area (Å²) in [6.45, 7) is 0. The van der Waals surface area contributed by atoms with Crippen molar-refractivity contribution in [3.63, 3.8) is 0 Å². The molecular formula is C18H17FeN3+. The van der Waals surface area contributed by atoms with E-state index in [2.05, 4.69) is 31.2 Å². The fourth-order valence-electron chi connectivity index (χ4n) is 1.73. The number of allylic oxidation sites excluding steroid dienone is 2. The molecule has 0 heterocycles. The first-order chi connectivity index (χ1) is 10.9. The smallest absolute Gasteiger partial charge is 0.0621 e. The second-order valence-corrected chi connectivity index (χ2v) is 4.65. The number of anilines is 2. The van der Waals surface area contributed by atoms with Gasteiger partial charge in [0.15, 0.2) is 0 Å². The minimum Gasteiger partial charge on any atom is -0.0621 e. The van der Waals surface area contributed by atoms with Crippen LogP contribution in [0.5, 0.6) is 0 Å². The fraction of sp³-hybridized carbons (Fsp3) is 0. The molecule has 3 nitrogen and oxygen atoms in total. The summed E-state index contributed by atoms with van der Waals surface area (Å²) in [7, 11) is 0. The van der Waals surface area contributed by atoms with Crippen LogP contribution in [-0.2, 0) is 15.6 Å². The van der Waals surface area contributed by atoms with Crippen LogP contribution < -0.4 is 10.6 Å². The number of para-hydroxylation sites is 3. The van der Waals surface area contributed by atoms with Gasteiger partial charge < -0.3 is 0 Å². The fourth-order valence-corrected chi connectivity index (χ4v) is 1.83. The van der Waals surface area contributed by atoms with E-state index >= 15 is 0 Å². The first-order valence-corrected chi connectivity index (χ1v) is 7.47. The van der Waals surface area contributed by atoms with Crippen LogP contribution in [0.1, 0.15) is 0 Å². The molecule has 0 fully saturated rings. The first-order valence-electron chi connectivity index (χ1n) is 6.83. The zero-order chi connectivity index (χ0) is 15.5. The van der Waals surface area contributed by atoms with Gasteiger partial charge >= 0.3 is 108 Å². The molecule has 22 heavy (non-hydrogen) atoms. The Hall–Kier alpha value is -2.42. The molecule has 4 heteroatoms. The summed E-state index contributed by atoms with van der Waals surface area (Å²) >= 11 is 3.64. The van der Waals surface area contributed by atoms with Gasteiger partial charge in [0.25, 0.3) is 0 Å². The van der Waals surface area contributed by atoms with Crippen LogP contribution in [0.4, 0.5) is 17.1 Å². The third kappa shape index (κ3) is 5.52. The van der Waals surface area contributed by atoms with Crippen molar-refractivity contribution in [3.05, 3.63) is 79.1 Å². The molecule has 0 spiro atoms. The number of benzene rings is 2. The summed E-state index contributed by atoms with van der Waals surface area (Å²) in [4.78, 5) is 6.16. The molecule has 0 radical (unpaired) electrons. The van der Waals surface area contributed by atoms with Crippen LogP contribution in [-0.4, -0.2) is 11.1 Å². The molecule has 0 aliphatic rings. The third-order valence-electron chi connectivity index (χ3n) is 2.73. The molecule has 0 amide bonds. The standard InChI is InChI=1S/C18H17N3.Fe/c1-2-13-20-17-11-6-7-12-18(17)21-15-8-14-19-16-9-4-3-5-10-16;/h1-15,19-20H;/q;+1. The minimum absolute atomic E-state index is 0.876. The molecule has 0 saturated carbocycles. The van der Waals surface area contributed by atoms with Gasteiger partial charge in [-0.3, -0.25) is 0 Å². The van der Waals surface area contributed by atoms with Crippen molar-refractivity contribution in [2.24, 2.45) is 4.99 Å². The Morgan fingerprint density at radius 2 is 1.55 bits per heavy atom. The van der Waals surface area contributed by atoms with E-state index < -0.39 is 0 Å². The second kappa shape index (κ2) is 9.50. The van der Waals surface area contributed by atoms with E-state index in [9.17, 15) is 0 Å². The molecular weight excluding hydrogens is 314 g/mol. The summed E-state index contributed by atoms with van der Waals surface area (Å²) < 4.78 is 0. The van der Waals surface area contributed by atoms with Crippen molar-refractivity contribution in [1.82, 2.24) is 0 Å². The summed E-state index contributed by atoms with van der Waals surface area (Å²) in [6, 6.07) is 17.8. The number of hydrogen-bond donors (Lipinski definition) is 2. The number of nitrogens with one attached hydrogen (secondary N) is 2. The Labute approximate surface area is 138 Å². The summed E-state index contributed by atoms with van der Waals surface area (Å²) in [5, 5.41) is 6.35. The maximum absolute atomic E-state index is 4.44. The SMILES string of the molecule is [Fe+]=[CH]C=CNc1ccccc1N=CC=CNc1ccccc1. The van der Waals surface area contributed by atoms with Crippen molar-refractivity contribution >= 4 is 28.2 Å². The molecule has 2 aromatic carbocycles. The van der Waals surface area contributed by atoms with Crippen LogP contribution >= 0.6 is 0 Å². The van der Waals surface area contributed by atoms with E-state index in [0.717, 1.165) is 17.1 Å². The molecule has 0 saturated heterocycles. The Morgan fingerprint density at radius 3 is 2.36 bits per heavy atom. The van der Waals surface area contributed by atoms with Crippen LogP contribution in [0.25, 0.3) is 0 Å². The monoisotopic (exact) mass is 331 g/mol. The van der Waals surface area contributed by atoms with E-state index in [4.69, 9.17) is 0 Å². The quantitative estimate of drug-likeness (QED) is 0.587. The molecule has 0 aliphatic carbocycles. The average molecular weight is 331 g/mol. The molecule has 111 valence electrons. The van der Waals surface area contributed by atoms with Gasteiger partial charge in [0.1, 0.15) is 0 Å². The predicted molar refractivity (Wildman–Crippen MR) is 92.6 cm³/mol. The molecule has 2 aromatic rings. The van der Waals surface area contributed by atoms with Gasteiger partial charge in [-0.1, -0.05) is 18.2 Å². The van der Waals surface area contributed by atoms with E-state index in [-0.39, 0.29) is 0 Å². The van der Waals surface area contributed by atoms with Crippen LogP contribution in [0.15, 0.2) is 84.1 Å². The molecule has 0 bridgehead atoms. The van der Waals surface area contributed by atoms with Crippen molar-refractivity contribution in [2.45, 2.75) is 0 Å². The zero-order valence-electron chi connectivity index (χ0n) is 12.0. The molecule has 0 unspecified atom stereocenters. The first kappa shape index (κ1) is 16.0. The number of rotatable bonds is 7. The van der Waals surface area contributed by atoms with Gasteiger partial charge in [-0.2, -0.15) is 0 Å². The molecule has 0 aromatic heterocycles. The predicted octanol–water partition coefficient (Wildman–Crippen LogP) is 4.29. The zero-order valence-corrected chi connectivity index (χ0v) is 13.1.